The summed E-state index contributed by atoms with van der Waals surface area (Å²) in [5, 5.41) is 7.45. The van der Waals surface area contributed by atoms with Crippen LogP contribution in [0.15, 0.2) is 51.5 Å². The van der Waals surface area contributed by atoms with Crippen molar-refractivity contribution < 1.29 is 18.8 Å². The molecular weight excluding hydrogens is 524 g/mol. The highest BCUT2D eigenvalue weighted by Crippen LogP contribution is 2.41. The maximum absolute atomic E-state index is 13.4. The third-order valence-corrected chi connectivity index (χ3v) is 7.27. The molecule has 1 N–H and O–H groups in total. The fourth-order valence-electron chi connectivity index (χ4n) is 5.05. The quantitative estimate of drug-likeness (QED) is 0.451. The van der Waals surface area contributed by atoms with Crippen LogP contribution in [0.5, 0.6) is 11.5 Å². The standard InChI is InChI=1S/C27H31BrN4O4/c1-27(2)14-22(21-13-20(34-3)9-10-23(21)35-27)29-26(33)18-7-5-11-32(15-18)16-24-30-25(31-36-24)17-6-4-8-19(28)12-17/h4,6,8-10,12-13,18,22H,5,7,11,14-16H2,1-3H3,(H,29,33). The number of halogens is 1. The Balaban J connectivity index is 1.24. The summed E-state index contributed by atoms with van der Waals surface area (Å²) in [5.74, 6) is 2.62. The summed E-state index contributed by atoms with van der Waals surface area (Å²) in [5.41, 5.74) is 1.48. The lowest BCUT2D eigenvalue weighted by atomic mass is 9.88. The van der Waals surface area contributed by atoms with Gasteiger partial charge in [-0.2, -0.15) is 4.98 Å². The molecule has 2 aliphatic heterocycles. The average Bonchev–Trinajstić information content (AvgIpc) is 3.32. The van der Waals surface area contributed by atoms with Crippen LogP contribution in [0.25, 0.3) is 11.4 Å². The zero-order chi connectivity index (χ0) is 25.3. The number of carbonyl (C=O) groups is 1. The lowest BCUT2D eigenvalue weighted by Gasteiger charge is -2.39. The largest absolute Gasteiger partial charge is 0.497 e. The molecule has 2 unspecified atom stereocenters. The van der Waals surface area contributed by atoms with Crippen molar-refractivity contribution in [2.75, 3.05) is 20.2 Å². The van der Waals surface area contributed by atoms with E-state index in [0.29, 0.717) is 31.2 Å². The predicted molar refractivity (Wildman–Crippen MR) is 139 cm³/mol. The van der Waals surface area contributed by atoms with Gasteiger partial charge in [0.25, 0.3) is 0 Å². The van der Waals surface area contributed by atoms with Gasteiger partial charge in [-0.1, -0.05) is 33.2 Å². The maximum Gasteiger partial charge on any atom is 0.241 e. The summed E-state index contributed by atoms with van der Waals surface area (Å²) in [7, 11) is 1.64. The number of nitrogens with zero attached hydrogens (tertiary/aromatic N) is 3. The van der Waals surface area contributed by atoms with Gasteiger partial charge in [-0.15, -0.1) is 0 Å². The van der Waals surface area contributed by atoms with Gasteiger partial charge in [0, 0.05) is 28.6 Å². The second-order valence-corrected chi connectivity index (χ2v) is 11.0. The van der Waals surface area contributed by atoms with Gasteiger partial charge in [-0.25, -0.2) is 0 Å². The van der Waals surface area contributed by atoms with Crippen molar-refractivity contribution in [1.29, 1.82) is 0 Å². The number of rotatable bonds is 6. The van der Waals surface area contributed by atoms with Gasteiger partial charge in [-0.05, 0) is 63.6 Å². The lowest BCUT2D eigenvalue weighted by Crippen LogP contribution is -2.46. The molecule has 36 heavy (non-hydrogen) atoms. The van der Waals surface area contributed by atoms with Crippen molar-refractivity contribution >= 4 is 21.8 Å². The summed E-state index contributed by atoms with van der Waals surface area (Å²) in [6, 6.07) is 13.4. The number of methoxy groups -OCH3 is 1. The Bertz CT molecular complexity index is 1240. The van der Waals surface area contributed by atoms with E-state index in [1.54, 1.807) is 7.11 Å². The third kappa shape index (κ3) is 5.57. The number of benzene rings is 2. The molecule has 1 saturated heterocycles. The van der Waals surface area contributed by atoms with Gasteiger partial charge in [-0.3, -0.25) is 9.69 Å². The minimum atomic E-state index is -0.373. The Kier molecular flexibility index (Phi) is 7.03. The highest BCUT2D eigenvalue weighted by atomic mass is 79.9. The molecule has 3 aromatic rings. The Morgan fingerprint density at radius 1 is 1.28 bits per heavy atom. The maximum atomic E-state index is 13.4. The Hall–Kier alpha value is -2.91. The molecule has 190 valence electrons. The van der Waals surface area contributed by atoms with E-state index in [1.807, 2.05) is 42.5 Å². The summed E-state index contributed by atoms with van der Waals surface area (Å²) in [6.45, 7) is 6.17. The smallest absolute Gasteiger partial charge is 0.241 e. The molecule has 2 aliphatic rings. The molecule has 3 heterocycles. The summed E-state index contributed by atoms with van der Waals surface area (Å²) >= 11 is 3.48. The van der Waals surface area contributed by atoms with E-state index in [1.165, 1.54) is 0 Å². The number of carbonyl (C=O) groups excluding carboxylic acids is 1. The van der Waals surface area contributed by atoms with E-state index < -0.39 is 0 Å². The first kappa shape index (κ1) is 24.8. The first-order chi connectivity index (χ1) is 17.3. The Morgan fingerprint density at radius 2 is 2.14 bits per heavy atom. The topological polar surface area (TPSA) is 89.7 Å². The predicted octanol–water partition coefficient (Wildman–Crippen LogP) is 5.14. The zero-order valence-electron chi connectivity index (χ0n) is 20.8. The van der Waals surface area contributed by atoms with Gasteiger partial charge >= 0.3 is 0 Å². The Morgan fingerprint density at radius 3 is 2.94 bits per heavy atom. The summed E-state index contributed by atoms with van der Waals surface area (Å²) in [4.78, 5) is 20.2. The van der Waals surface area contributed by atoms with Crippen LogP contribution in [0.2, 0.25) is 0 Å². The van der Waals surface area contributed by atoms with E-state index in [0.717, 1.165) is 46.5 Å². The number of fused-ring (bicyclic) bond motifs is 1. The van der Waals surface area contributed by atoms with Crippen LogP contribution in [0.1, 0.15) is 50.6 Å². The average molecular weight is 555 g/mol. The number of hydrogen-bond donors (Lipinski definition) is 1. The van der Waals surface area contributed by atoms with E-state index >= 15 is 0 Å². The normalized spacial score (nSPS) is 21.3. The van der Waals surface area contributed by atoms with E-state index in [9.17, 15) is 4.79 Å². The van der Waals surface area contributed by atoms with Crippen LogP contribution in [0.4, 0.5) is 0 Å². The van der Waals surface area contributed by atoms with E-state index in [2.05, 4.69) is 50.1 Å². The number of hydrogen-bond acceptors (Lipinski definition) is 7. The molecular formula is C27H31BrN4O4. The number of likely N-dealkylation sites (tertiary alicyclic amines) is 1. The monoisotopic (exact) mass is 554 g/mol. The Labute approximate surface area is 219 Å². The number of aromatic nitrogens is 2. The molecule has 0 radical (unpaired) electrons. The molecule has 9 heteroatoms. The molecule has 0 aliphatic carbocycles. The lowest BCUT2D eigenvalue weighted by molar-refractivity contribution is -0.128. The molecule has 2 atom stereocenters. The van der Waals surface area contributed by atoms with Crippen molar-refractivity contribution in [3.05, 3.63) is 58.4 Å². The first-order valence-corrected chi connectivity index (χ1v) is 13.1. The van der Waals surface area contributed by atoms with Crippen LogP contribution < -0.4 is 14.8 Å². The fraction of sp³-hybridized carbons (Fsp3) is 0.444. The zero-order valence-corrected chi connectivity index (χ0v) is 22.4. The molecule has 0 spiro atoms. The molecule has 5 rings (SSSR count). The van der Waals surface area contributed by atoms with Crippen LogP contribution in [-0.2, 0) is 11.3 Å². The molecule has 1 fully saturated rings. The van der Waals surface area contributed by atoms with E-state index in [4.69, 9.17) is 14.0 Å². The van der Waals surface area contributed by atoms with Gasteiger partial charge in [0.15, 0.2) is 0 Å². The fourth-order valence-corrected chi connectivity index (χ4v) is 5.45. The van der Waals surface area contributed by atoms with Gasteiger partial charge in [0.1, 0.15) is 17.1 Å². The summed E-state index contributed by atoms with van der Waals surface area (Å²) in [6.07, 6.45) is 2.48. The van der Waals surface area contributed by atoms with Gasteiger partial charge in [0.05, 0.1) is 25.6 Å². The molecule has 0 bridgehead atoms. The van der Waals surface area contributed by atoms with E-state index in [-0.39, 0.29) is 23.5 Å². The summed E-state index contributed by atoms with van der Waals surface area (Å²) < 4.78 is 18.1. The number of ether oxygens (including phenoxy) is 2. The number of nitrogens with one attached hydrogen (secondary N) is 1. The highest BCUT2D eigenvalue weighted by molar-refractivity contribution is 9.10. The highest BCUT2D eigenvalue weighted by Gasteiger charge is 2.36. The van der Waals surface area contributed by atoms with Gasteiger partial charge in [0.2, 0.25) is 17.6 Å². The molecule has 8 nitrogen and oxygen atoms in total. The molecule has 1 amide bonds. The van der Waals surface area contributed by atoms with Crippen molar-refractivity contribution in [1.82, 2.24) is 20.4 Å². The van der Waals surface area contributed by atoms with Crippen molar-refractivity contribution in [2.45, 2.75) is 51.3 Å². The molecule has 2 aromatic carbocycles. The van der Waals surface area contributed by atoms with Crippen molar-refractivity contribution in [3.8, 4) is 22.9 Å². The molecule has 1 aromatic heterocycles. The minimum absolute atomic E-state index is 0.0662. The second-order valence-electron chi connectivity index (χ2n) is 10.1. The van der Waals surface area contributed by atoms with Crippen LogP contribution in [-0.4, -0.2) is 46.7 Å². The van der Waals surface area contributed by atoms with Gasteiger partial charge < -0.3 is 19.3 Å². The minimum Gasteiger partial charge on any atom is -0.497 e. The van der Waals surface area contributed by atoms with Crippen LogP contribution in [0.3, 0.4) is 0 Å². The second kappa shape index (κ2) is 10.2. The molecule has 0 saturated carbocycles. The number of amides is 1. The van der Waals surface area contributed by atoms with Crippen molar-refractivity contribution in [2.24, 2.45) is 5.92 Å². The SMILES string of the molecule is COc1ccc2c(c1)C(NC(=O)C1CCCN(Cc3nc(-c4cccc(Br)c4)no3)C1)CC(C)(C)O2. The third-order valence-electron chi connectivity index (χ3n) is 6.78. The van der Waals surface area contributed by atoms with Crippen LogP contribution in [0, 0.1) is 5.92 Å². The number of piperidine rings is 1. The van der Waals surface area contributed by atoms with Crippen molar-refractivity contribution in [3.63, 3.8) is 0 Å². The van der Waals surface area contributed by atoms with Crippen LogP contribution >= 0.6 is 15.9 Å². The first-order valence-electron chi connectivity index (χ1n) is 12.3.